The van der Waals surface area contributed by atoms with Gasteiger partial charge in [-0.05, 0) is 56.4 Å². The van der Waals surface area contributed by atoms with E-state index in [4.69, 9.17) is 4.74 Å². The number of rotatable bonds is 7. The van der Waals surface area contributed by atoms with Crippen molar-refractivity contribution in [3.05, 3.63) is 0 Å². The third-order valence-electron chi connectivity index (χ3n) is 4.14. The van der Waals surface area contributed by atoms with E-state index in [1.807, 2.05) is 0 Å². The molecule has 2 aliphatic rings. The second kappa shape index (κ2) is 4.84. The van der Waals surface area contributed by atoms with Crippen LogP contribution >= 0.6 is 0 Å². The lowest BCUT2D eigenvalue weighted by molar-refractivity contribution is 0.0901. The molecule has 2 rings (SSSR count). The standard InChI is InChI=1S/C13H25NO/c1-3-5-15-6-4-13(10-14-2)8-11-7-12(11)9-13/h11-12,14H,3-10H2,1-2H3. The number of hydrogen-bond acceptors (Lipinski definition) is 2. The van der Waals surface area contributed by atoms with Gasteiger partial charge in [0, 0.05) is 19.8 Å². The highest BCUT2D eigenvalue weighted by Crippen LogP contribution is 2.60. The van der Waals surface area contributed by atoms with Gasteiger partial charge in [0.25, 0.3) is 0 Å². The van der Waals surface area contributed by atoms with Crippen LogP contribution in [0.25, 0.3) is 0 Å². The third kappa shape index (κ3) is 2.73. The Morgan fingerprint density at radius 1 is 1.27 bits per heavy atom. The second-order valence-corrected chi connectivity index (χ2v) is 5.56. The van der Waals surface area contributed by atoms with Crippen LogP contribution in [0.15, 0.2) is 0 Å². The topological polar surface area (TPSA) is 21.3 Å². The molecule has 0 radical (unpaired) electrons. The minimum atomic E-state index is 0.579. The molecule has 0 heterocycles. The summed E-state index contributed by atoms with van der Waals surface area (Å²) in [5, 5.41) is 3.38. The summed E-state index contributed by atoms with van der Waals surface area (Å²) in [7, 11) is 2.08. The molecule has 2 fully saturated rings. The average molecular weight is 211 g/mol. The van der Waals surface area contributed by atoms with Crippen LogP contribution in [0.3, 0.4) is 0 Å². The van der Waals surface area contributed by atoms with Gasteiger partial charge < -0.3 is 10.1 Å². The van der Waals surface area contributed by atoms with Crippen LogP contribution in [-0.4, -0.2) is 26.8 Å². The van der Waals surface area contributed by atoms with Gasteiger partial charge in [0.05, 0.1) is 0 Å². The first kappa shape index (κ1) is 11.4. The Balaban J connectivity index is 1.74. The molecule has 0 spiro atoms. The zero-order chi connectivity index (χ0) is 10.7. The van der Waals surface area contributed by atoms with Crippen molar-refractivity contribution in [1.29, 1.82) is 0 Å². The molecule has 0 aliphatic heterocycles. The van der Waals surface area contributed by atoms with Crippen molar-refractivity contribution >= 4 is 0 Å². The summed E-state index contributed by atoms with van der Waals surface area (Å²) in [5.41, 5.74) is 0.579. The predicted octanol–water partition coefficient (Wildman–Crippen LogP) is 2.44. The van der Waals surface area contributed by atoms with Gasteiger partial charge in [0.15, 0.2) is 0 Å². The van der Waals surface area contributed by atoms with E-state index in [-0.39, 0.29) is 0 Å². The number of hydrogen-bond donors (Lipinski definition) is 1. The van der Waals surface area contributed by atoms with Crippen molar-refractivity contribution in [1.82, 2.24) is 5.32 Å². The summed E-state index contributed by atoms with van der Waals surface area (Å²) in [4.78, 5) is 0. The molecule has 2 nitrogen and oxygen atoms in total. The molecule has 15 heavy (non-hydrogen) atoms. The van der Waals surface area contributed by atoms with E-state index in [1.54, 1.807) is 0 Å². The molecule has 0 aromatic carbocycles. The van der Waals surface area contributed by atoms with Crippen molar-refractivity contribution < 1.29 is 4.74 Å². The molecule has 1 N–H and O–H groups in total. The molecule has 2 unspecified atom stereocenters. The molecule has 0 aromatic heterocycles. The first-order chi connectivity index (χ1) is 7.29. The summed E-state index contributed by atoms with van der Waals surface area (Å²) in [5.74, 6) is 2.15. The van der Waals surface area contributed by atoms with Crippen LogP contribution in [0.5, 0.6) is 0 Å². The molecule has 2 aliphatic carbocycles. The Morgan fingerprint density at radius 3 is 2.60 bits per heavy atom. The van der Waals surface area contributed by atoms with Crippen molar-refractivity contribution in [2.75, 3.05) is 26.8 Å². The Hall–Kier alpha value is -0.0800. The lowest BCUT2D eigenvalue weighted by Crippen LogP contribution is -2.32. The molecule has 0 amide bonds. The van der Waals surface area contributed by atoms with Crippen molar-refractivity contribution in [2.24, 2.45) is 17.3 Å². The smallest absolute Gasteiger partial charge is 0.0471 e. The SMILES string of the molecule is CCCOCCC1(CNC)CC2CC2C1. The minimum absolute atomic E-state index is 0.579. The van der Waals surface area contributed by atoms with E-state index < -0.39 is 0 Å². The van der Waals surface area contributed by atoms with Crippen LogP contribution in [0.4, 0.5) is 0 Å². The van der Waals surface area contributed by atoms with Crippen LogP contribution < -0.4 is 5.32 Å². The Kier molecular flexibility index (Phi) is 3.68. The van der Waals surface area contributed by atoms with Crippen molar-refractivity contribution in [3.8, 4) is 0 Å². The highest BCUT2D eigenvalue weighted by atomic mass is 16.5. The molecule has 0 bridgehead atoms. The highest BCUT2D eigenvalue weighted by Gasteiger charge is 2.52. The van der Waals surface area contributed by atoms with Crippen LogP contribution in [0, 0.1) is 17.3 Å². The minimum Gasteiger partial charge on any atom is -0.381 e. The Morgan fingerprint density at radius 2 is 2.00 bits per heavy atom. The molecule has 2 heteroatoms. The number of fused-ring (bicyclic) bond motifs is 1. The normalized spacial score (nSPS) is 38.0. The fraction of sp³-hybridized carbons (Fsp3) is 1.00. The molecular formula is C13H25NO. The zero-order valence-corrected chi connectivity index (χ0v) is 10.2. The monoisotopic (exact) mass is 211 g/mol. The Bertz CT molecular complexity index is 195. The lowest BCUT2D eigenvalue weighted by atomic mass is 9.80. The van der Waals surface area contributed by atoms with Crippen LogP contribution in [-0.2, 0) is 4.74 Å². The summed E-state index contributed by atoms with van der Waals surface area (Å²) in [6, 6.07) is 0. The first-order valence-electron chi connectivity index (χ1n) is 6.52. The van der Waals surface area contributed by atoms with Gasteiger partial charge in [-0.1, -0.05) is 6.92 Å². The van der Waals surface area contributed by atoms with Gasteiger partial charge in [-0.3, -0.25) is 0 Å². The van der Waals surface area contributed by atoms with Gasteiger partial charge in [-0.2, -0.15) is 0 Å². The second-order valence-electron chi connectivity index (χ2n) is 5.56. The predicted molar refractivity (Wildman–Crippen MR) is 62.9 cm³/mol. The maximum absolute atomic E-state index is 5.64. The van der Waals surface area contributed by atoms with E-state index in [0.29, 0.717) is 5.41 Å². The maximum atomic E-state index is 5.64. The van der Waals surface area contributed by atoms with Crippen LogP contribution in [0.1, 0.15) is 39.0 Å². The maximum Gasteiger partial charge on any atom is 0.0471 e. The fourth-order valence-corrected chi connectivity index (χ4v) is 3.35. The molecule has 0 aromatic rings. The zero-order valence-electron chi connectivity index (χ0n) is 10.2. The first-order valence-corrected chi connectivity index (χ1v) is 6.52. The molecule has 88 valence electrons. The number of ether oxygens (including phenoxy) is 1. The molecular weight excluding hydrogens is 186 g/mol. The van der Waals surface area contributed by atoms with Gasteiger partial charge >= 0.3 is 0 Å². The van der Waals surface area contributed by atoms with Gasteiger partial charge in [0.2, 0.25) is 0 Å². The van der Waals surface area contributed by atoms with Gasteiger partial charge in [0.1, 0.15) is 0 Å². The van der Waals surface area contributed by atoms with E-state index >= 15 is 0 Å². The number of nitrogens with one attached hydrogen (secondary N) is 1. The largest absolute Gasteiger partial charge is 0.381 e. The van der Waals surface area contributed by atoms with Gasteiger partial charge in [-0.25, -0.2) is 0 Å². The lowest BCUT2D eigenvalue weighted by Gasteiger charge is -2.30. The van der Waals surface area contributed by atoms with Crippen molar-refractivity contribution in [3.63, 3.8) is 0 Å². The van der Waals surface area contributed by atoms with E-state index in [0.717, 1.165) is 31.5 Å². The van der Waals surface area contributed by atoms with E-state index in [9.17, 15) is 0 Å². The molecule has 2 saturated carbocycles. The van der Waals surface area contributed by atoms with E-state index in [1.165, 1.54) is 32.2 Å². The summed E-state index contributed by atoms with van der Waals surface area (Å²) in [6.07, 6.45) is 6.83. The third-order valence-corrected chi connectivity index (χ3v) is 4.14. The van der Waals surface area contributed by atoms with Crippen LogP contribution in [0.2, 0.25) is 0 Å². The summed E-state index contributed by atoms with van der Waals surface area (Å²) < 4.78 is 5.64. The quantitative estimate of drug-likeness (QED) is 0.653. The van der Waals surface area contributed by atoms with Gasteiger partial charge in [-0.15, -0.1) is 0 Å². The molecule has 2 atom stereocenters. The average Bonchev–Trinajstić information content (AvgIpc) is 2.83. The molecule has 0 saturated heterocycles. The highest BCUT2D eigenvalue weighted by molar-refractivity contribution is 5.03. The summed E-state index contributed by atoms with van der Waals surface area (Å²) in [6.45, 7) is 5.26. The summed E-state index contributed by atoms with van der Waals surface area (Å²) >= 11 is 0. The van der Waals surface area contributed by atoms with Crippen molar-refractivity contribution in [2.45, 2.75) is 39.0 Å². The Labute approximate surface area is 93.8 Å². The van der Waals surface area contributed by atoms with E-state index in [2.05, 4.69) is 19.3 Å². The fourth-order valence-electron chi connectivity index (χ4n) is 3.35.